The standard InChI is InChI=1S/C23H20N4O/c1-28-22-14-12-18(13-15-22)23-19(16-24-25-20-8-4-2-5-9-20)17-27(26-23)21-10-6-3-7-11-21/h2-17,25H,1H3/b24-16+. The van der Waals surface area contributed by atoms with Crippen molar-refractivity contribution in [2.45, 2.75) is 0 Å². The van der Waals surface area contributed by atoms with Crippen LogP contribution in [0.5, 0.6) is 5.75 Å². The molecule has 0 amide bonds. The van der Waals surface area contributed by atoms with Crippen molar-refractivity contribution in [1.29, 1.82) is 0 Å². The number of aromatic nitrogens is 2. The molecule has 0 radical (unpaired) electrons. The van der Waals surface area contributed by atoms with Crippen LogP contribution in [0.2, 0.25) is 0 Å². The van der Waals surface area contributed by atoms with Crippen LogP contribution in [-0.2, 0) is 0 Å². The van der Waals surface area contributed by atoms with Gasteiger partial charge in [0.2, 0.25) is 0 Å². The first kappa shape index (κ1) is 17.5. The van der Waals surface area contributed by atoms with E-state index in [1.54, 1.807) is 13.3 Å². The van der Waals surface area contributed by atoms with E-state index in [9.17, 15) is 0 Å². The van der Waals surface area contributed by atoms with E-state index < -0.39 is 0 Å². The van der Waals surface area contributed by atoms with Gasteiger partial charge in [-0.1, -0.05) is 36.4 Å². The summed E-state index contributed by atoms with van der Waals surface area (Å²) in [5, 5.41) is 9.17. The first-order chi connectivity index (χ1) is 13.8. The Morgan fingerprint density at radius 3 is 2.25 bits per heavy atom. The van der Waals surface area contributed by atoms with Gasteiger partial charge in [0.1, 0.15) is 11.4 Å². The van der Waals surface area contributed by atoms with Crippen molar-refractivity contribution in [2.75, 3.05) is 12.5 Å². The molecule has 5 nitrogen and oxygen atoms in total. The van der Waals surface area contributed by atoms with Gasteiger partial charge in [-0.05, 0) is 48.5 Å². The summed E-state index contributed by atoms with van der Waals surface area (Å²) in [4.78, 5) is 0. The molecule has 0 aliphatic carbocycles. The number of nitrogens with zero attached hydrogens (tertiary/aromatic N) is 3. The molecule has 0 saturated heterocycles. The van der Waals surface area contributed by atoms with Gasteiger partial charge in [-0.2, -0.15) is 10.2 Å². The third-order valence-electron chi connectivity index (χ3n) is 4.30. The van der Waals surface area contributed by atoms with Gasteiger partial charge in [-0.25, -0.2) is 4.68 Å². The maximum atomic E-state index is 5.26. The van der Waals surface area contributed by atoms with Gasteiger partial charge in [-0.3, -0.25) is 5.43 Å². The molecule has 3 aromatic carbocycles. The Bertz CT molecular complexity index is 1050. The summed E-state index contributed by atoms with van der Waals surface area (Å²) in [5.74, 6) is 0.812. The van der Waals surface area contributed by atoms with Gasteiger partial charge in [-0.15, -0.1) is 0 Å². The van der Waals surface area contributed by atoms with Gasteiger partial charge in [0, 0.05) is 17.3 Å². The minimum atomic E-state index is 0.812. The Balaban J connectivity index is 1.69. The average Bonchev–Trinajstić information content (AvgIpc) is 3.19. The second-order valence-electron chi connectivity index (χ2n) is 6.18. The maximum Gasteiger partial charge on any atom is 0.118 e. The van der Waals surface area contributed by atoms with Crippen LogP contribution in [-0.4, -0.2) is 23.1 Å². The van der Waals surface area contributed by atoms with Crippen LogP contribution in [0.25, 0.3) is 16.9 Å². The van der Waals surface area contributed by atoms with E-state index in [1.165, 1.54) is 0 Å². The fourth-order valence-electron chi connectivity index (χ4n) is 2.86. The van der Waals surface area contributed by atoms with Crippen molar-refractivity contribution in [3.63, 3.8) is 0 Å². The largest absolute Gasteiger partial charge is 0.497 e. The highest BCUT2D eigenvalue weighted by atomic mass is 16.5. The van der Waals surface area contributed by atoms with E-state index in [4.69, 9.17) is 9.84 Å². The molecule has 1 aromatic heterocycles. The highest BCUT2D eigenvalue weighted by Crippen LogP contribution is 2.25. The molecular weight excluding hydrogens is 348 g/mol. The average molecular weight is 368 g/mol. The molecule has 4 aromatic rings. The number of para-hydroxylation sites is 2. The Morgan fingerprint density at radius 1 is 0.893 bits per heavy atom. The van der Waals surface area contributed by atoms with E-state index in [1.807, 2.05) is 95.8 Å². The zero-order chi connectivity index (χ0) is 19.2. The van der Waals surface area contributed by atoms with E-state index in [2.05, 4.69) is 10.5 Å². The number of rotatable bonds is 6. The number of benzene rings is 3. The van der Waals surface area contributed by atoms with E-state index >= 15 is 0 Å². The van der Waals surface area contributed by atoms with Gasteiger partial charge in [0.25, 0.3) is 0 Å². The van der Waals surface area contributed by atoms with Crippen molar-refractivity contribution < 1.29 is 4.74 Å². The molecule has 28 heavy (non-hydrogen) atoms. The third-order valence-corrected chi connectivity index (χ3v) is 4.30. The first-order valence-corrected chi connectivity index (χ1v) is 8.97. The summed E-state index contributed by atoms with van der Waals surface area (Å²) >= 11 is 0. The van der Waals surface area contributed by atoms with Crippen LogP contribution in [0.1, 0.15) is 5.56 Å². The molecule has 0 spiro atoms. The number of hydrazone groups is 1. The molecule has 0 aliphatic rings. The van der Waals surface area contributed by atoms with Crippen molar-refractivity contribution in [3.05, 3.63) is 96.7 Å². The molecule has 0 bridgehead atoms. The molecule has 5 heteroatoms. The quantitative estimate of drug-likeness (QED) is 0.385. The molecule has 1 heterocycles. The smallest absolute Gasteiger partial charge is 0.118 e. The lowest BCUT2D eigenvalue weighted by molar-refractivity contribution is 0.415. The number of hydrogen-bond acceptors (Lipinski definition) is 4. The van der Waals surface area contributed by atoms with Crippen LogP contribution in [0, 0.1) is 0 Å². The van der Waals surface area contributed by atoms with Crippen molar-refractivity contribution >= 4 is 11.9 Å². The molecule has 0 saturated carbocycles. The maximum absolute atomic E-state index is 5.26. The van der Waals surface area contributed by atoms with Crippen molar-refractivity contribution in [1.82, 2.24) is 9.78 Å². The summed E-state index contributed by atoms with van der Waals surface area (Å²) < 4.78 is 7.13. The van der Waals surface area contributed by atoms with Crippen LogP contribution >= 0.6 is 0 Å². The summed E-state index contributed by atoms with van der Waals surface area (Å²) in [5.41, 5.74) is 7.74. The van der Waals surface area contributed by atoms with Gasteiger partial charge >= 0.3 is 0 Å². The third kappa shape index (κ3) is 3.94. The lowest BCUT2D eigenvalue weighted by Crippen LogP contribution is -1.94. The minimum Gasteiger partial charge on any atom is -0.497 e. The van der Waals surface area contributed by atoms with Crippen LogP contribution in [0.3, 0.4) is 0 Å². The second kappa shape index (κ2) is 8.22. The molecule has 0 fully saturated rings. The highest BCUT2D eigenvalue weighted by Gasteiger charge is 2.11. The van der Waals surface area contributed by atoms with Crippen LogP contribution < -0.4 is 10.2 Å². The number of ether oxygens (including phenoxy) is 1. The lowest BCUT2D eigenvalue weighted by atomic mass is 10.1. The summed E-state index contributed by atoms with van der Waals surface area (Å²) in [6, 6.07) is 27.7. The van der Waals surface area contributed by atoms with E-state index in [-0.39, 0.29) is 0 Å². The number of hydrogen-bond donors (Lipinski definition) is 1. The molecule has 1 N–H and O–H groups in total. The predicted octanol–water partition coefficient (Wildman–Crippen LogP) is 4.99. The zero-order valence-electron chi connectivity index (χ0n) is 15.5. The highest BCUT2D eigenvalue weighted by molar-refractivity contribution is 5.89. The number of methoxy groups -OCH3 is 1. The van der Waals surface area contributed by atoms with Gasteiger partial charge in [0.05, 0.1) is 24.7 Å². The lowest BCUT2D eigenvalue weighted by Gasteiger charge is -2.03. The first-order valence-electron chi connectivity index (χ1n) is 8.97. The number of anilines is 1. The van der Waals surface area contributed by atoms with Gasteiger partial charge in [0.15, 0.2) is 0 Å². The normalized spacial score (nSPS) is 10.9. The van der Waals surface area contributed by atoms with Crippen LogP contribution in [0.15, 0.2) is 96.2 Å². The molecular formula is C23H20N4O. The van der Waals surface area contributed by atoms with Crippen LogP contribution in [0.4, 0.5) is 5.69 Å². The molecule has 0 aliphatic heterocycles. The number of nitrogens with one attached hydrogen (secondary N) is 1. The Hall–Kier alpha value is -3.86. The fraction of sp³-hybridized carbons (Fsp3) is 0.0435. The molecule has 0 atom stereocenters. The SMILES string of the molecule is COc1ccc(-c2nn(-c3ccccc3)cc2/C=N/Nc2ccccc2)cc1. The monoisotopic (exact) mass is 368 g/mol. The summed E-state index contributed by atoms with van der Waals surface area (Å²) in [6.07, 6.45) is 3.77. The van der Waals surface area contributed by atoms with Crippen molar-refractivity contribution in [2.24, 2.45) is 5.10 Å². The van der Waals surface area contributed by atoms with Crippen molar-refractivity contribution in [3.8, 4) is 22.7 Å². The van der Waals surface area contributed by atoms with Gasteiger partial charge < -0.3 is 4.74 Å². The molecule has 138 valence electrons. The predicted molar refractivity (Wildman–Crippen MR) is 113 cm³/mol. The van der Waals surface area contributed by atoms with E-state index in [0.29, 0.717) is 0 Å². The minimum absolute atomic E-state index is 0.812. The second-order valence-corrected chi connectivity index (χ2v) is 6.18. The van der Waals surface area contributed by atoms with E-state index in [0.717, 1.165) is 33.9 Å². The summed E-state index contributed by atoms with van der Waals surface area (Å²) in [7, 11) is 1.66. The molecule has 4 rings (SSSR count). The summed E-state index contributed by atoms with van der Waals surface area (Å²) in [6.45, 7) is 0. The fourth-order valence-corrected chi connectivity index (χ4v) is 2.86. The topological polar surface area (TPSA) is 51.4 Å². The Morgan fingerprint density at radius 2 is 1.57 bits per heavy atom. The Labute approximate surface area is 163 Å². The Kier molecular flexibility index (Phi) is 5.15. The molecule has 0 unspecified atom stereocenters. The zero-order valence-corrected chi connectivity index (χ0v) is 15.5.